The maximum atomic E-state index is 12.2. The first-order chi connectivity index (χ1) is 11.9. The van der Waals surface area contributed by atoms with Gasteiger partial charge >= 0.3 is 5.97 Å². The zero-order valence-corrected chi connectivity index (χ0v) is 14.3. The number of carbonyl (C=O) groups is 2. The molecule has 138 valence electrons. The van der Waals surface area contributed by atoms with Gasteiger partial charge in [-0.3, -0.25) is 14.9 Å². The molecule has 1 amide bonds. The van der Waals surface area contributed by atoms with Crippen LogP contribution in [0.1, 0.15) is 37.0 Å². The molecule has 0 aliphatic heterocycles. The van der Waals surface area contributed by atoms with Gasteiger partial charge in [0.25, 0.3) is 11.6 Å². The fourth-order valence-corrected chi connectivity index (χ4v) is 2.19. The minimum absolute atomic E-state index is 0.0317. The van der Waals surface area contributed by atoms with E-state index in [4.69, 9.17) is 9.84 Å². The van der Waals surface area contributed by atoms with Crippen LogP contribution in [0.4, 0.5) is 11.4 Å². The zero-order valence-electron chi connectivity index (χ0n) is 14.3. The smallest absolute Gasteiger partial charge is 0.341 e. The molecule has 0 saturated heterocycles. The monoisotopic (exact) mass is 353 g/mol. The molecule has 9 nitrogen and oxygen atoms in total. The van der Waals surface area contributed by atoms with Crippen LogP contribution >= 0.6 is 0 Å². The van der Waals surface area contributed by atoms with Crippen molar-refractivity contribution in [3.63, 3.8) is 0 Å². The number of hydrogen-bond acceptors (Lipinski definition) is 7. The Labute approximate surface area is 145 Å². The van der Waals surface area contributed by atoms with Crippen molar-refractivity contribution >= 4 is 23.3 Å². The molecular formula is C16H23N3O6. The van der Waals surface area contributed by atoms with Gasteiger partial charge in [-0.25, -0.2) is 4.79 Å². The standard InChI is InChI=1S/C16H23N3O6/c1-3-4-11(2)18-15(21)10-25-16(22)13-9-12(19(23)24)5-6-14(13)17-7-8-20/h5-6,9,11,17,20H,3-4,7-8,10H2,1-2H3,(H,18,21). The average Bonchev–Trinajstić information content (AvgIpc) is 2.57. The molecule has 9 heteroatoms. The van der Waals surface area contributed by atoms with E-state index in [1.54, 1.807) is 0 Å². The number of anilines is 1. The fraction of sp³-hybridized carbons (Fsp3) is 0.500. The summed E-state index contributed by atoms with van der Waals surface area (Å²) in [5.74, 6) is -1.30. The number of aliphatic hydroxyl groups excluding tert-OH is 1. The topological polar surface area (TPSA) is 131 Å². The van der Waals surface area contributed by atoms with E-state index in [2.05, 4.69) is 10.6 Å². The molecule has 0 spiro atoms. The van der Waals surface area contributed by atoms with E-state index in [0.717, 1.165) is 18.9 Å². The van der Waals surface area contributed by atoms with Crippen LogP contribution in [0.3, 0.4) is 0 Å². The number of aliphatic hydroxyl groups is 1. The third kappa shape index (κ3) is 6.76. The molecule has 0 heterocycles. The molecule has 1 aromatic rings. The molecule has 1 aromatic carbocycles. The van der Waals surface area contributed by atoms with Gasteiger partial charge < -0.3 is 20.5 Å². The molecular weight excluding hydrogens is 330 g/mol. The van der Waals surface area contributed by atoms with E-state index in [0.29, 0.717) is 0 Å². The Hall–Kier alpha value is -2.68. The van der Waals surface area contributed by atoms with E-state index >= 15 is 0 Å². The van der Waals surface area contributed by atoms with Crippen molar-refractivity contribution in [2.24, 2.45) is 0 Å². The zero-order chi connectivity index (χ0) is 18.8. The van der Waals surface area contributed by atoms with Gasteiger partial charge in [0.05, 0.1) is 17.1 Å². The molecule has 0 saturated carbocycles. The molecule has 1 unspecified atom stereocenters. The Bertz CT molecular complexity index is 620. The lowest BCUT2D eigenvalue weighted by Gasteiger charge is -2.14. The van der Waals surface area contributed by atoms with Gasteiger partial charge in [-0.15, -0.1) is 0 Å². The predicted octanol–water partition coefficient (Wildman–Crippen LogP) is 1.46. The SMILES string of the molecule is CCCC(C)NC(=O)COC(=O)c1cc([N+](=O)[O-])ccc1NCCO. The summed E-state index contributed by atoms with van der Waals surface area (Å²) in [5, 5.41) is 25.2. The van der Waals surface area contributed by atoms with Crippen LogP contribution in [-0.4, -0.2) is 47.7 Å². The summed E-state index contributed by atoms with van der Waals surface area (Å²) in [7, 11) is 0. The number of esters is 1. The number of amides is 1. The number of ether oxygens (including phenoxy) is 1. The molecule has 0 bridgehead atoms. The number of nitro benzene ring substituents is 1. The number of carbonyl (C=O) groups excluding carboxylic acids is 2. The summed E-state index contributed by atoms with van der Waals surface area (Å²) < 4.78 is 4.95. The van der Waals surface area contributed by atoms with Gasteiger partial charge in [0, 0.05) is 30.4 Å². The highest BCUT2D eigenvalue weighted by Crippen LogP contribution is 2.23. The van der Waals surface area contributed by atoms with Crippen LogP contribution in [0.25, 0.3) is 0 Å². The highest BCUT2D eigenvalue weighted by atomic mass is 16.6. The number of rotatable bonds is 10. The number of nitro groups is 1. The molecule has 1 rings (SSSR count). The van der Waals surface area contributed by atoms with Crippen LogP contribution in [0.15, 0.2) is 18.2 Å². The lowest BCUT2D eigenvalue weighted by molar-refractivity contribution is -0.384. The largest absolute Gasteiger partial charge is 0.452 e. The van der Waals surface area contributed by atoms with Crippen molar-refractivity contribution in [3.05, 3.63) is 33.9 Å². The van der Waals surface area contributed by atoms with Gasteiger partial charge in [0.1, 0.15) is 0 Å². The first-order valence-electron chi connectivity index (χ1n) is 7.98. The molecule has 3 N–H and O–H groups in total. The third-order valence-electron chi connectivity index (χ3n) is 3.32. The highest BCUT2D eigenvalue weighted by Gasteiger charge is 2.19. The minimum atomic E-state index is -0.859. The molecule has 0 aromatic heterocycles. The van der Waals surface area contributed by atoms with Crippen molar-refractivity contribution in [2.45, 2.75) is 32.7 Å². The molecule has 0 fully saturated rings. The maximum Gasteiger partial charge on any atom is 0.341 e. The normalized spacial score (nSPS) is 11.5. The first-order valence-corrected chi connectivity index (χ1v) is 7.98. The second-order valence-corrected chi connectivity index (χ2v) is 5.47. The molecule has 0 aliphatic rings. The van der Waals surface area contributed by atoms with E-state index in [1.807, 2.05) is 13.8 Å². The van der Waals surface area contributed by atoms with Crippen molar-refractivity contribution in [1.29, 1.82) is 0 Å². The van der Waals surface area contributed by atoms with E-state index < -0.39 is 23.4 Å². The Morgan fingerprint density at radius 1 is 1.40 bits per heavy atom. The van der Waals surface area contributed by atoms with Crippen LogP contribution in [0, 0.1) is 10.1 Å². The third-order valence-corrected chi connectivity index (χ3v) is 3.32. The minimum Gasteiger partial charge on any atom is -0.452 e. The lowest BCUT2D eigenvalue weighted by atomic mass is 10.1. The Morgan fingerprint density at radius 2 is 2.12 bits per heavy atom. The molecule has 25 heavy (non-hydrogen) atoms. The summed E-state index contributed by atoms with van der Waals surface area (Å²) in [6, 6.07) is 3.62. The number of non-ortho nitro benzene ring substituents is 1. The van der Waals surface area contributed by atoms with Crippen LogP contribution in [0.2, 0.25) is 0 Å². The van der Waals surface area contributed by atoms with Crippen LogP contribution in [0.5, 0.6) is 0 Å². The van der Waals surface area contributed by atoms with Crippen LogP contribution in [-0.2, 0) is 9.53 Å². The predicted molar refractivity (Wildman–Crippen MR) is 91.5 cm³/mol. The summed E-state index contributed by atoms with van der Waals surface area (Å²) in [6.07, 6.45) is 1.72. The summed E-state index contributed by atoms with van der Waals surface area (Å²) >= 11 is 0. The number of benzene rings is 1. The van der Waals surface area contributed by atoms with Crippen molar-refractivity contribution in [3.8, 4) is 0 Å². The van der Waals surface area contributed by atoms with Crippen molar-refractivity contribution in [1.82, 2.24) is 5.32 Å². The second-order valence-electron chi connectivity index (χ2n) is 5.47. The number of nitrogens with one attached hydrogen (secondary N) is 2. The molecule has 0 aliphatic carbocycles. The molecule has 0 radical (unpaired) electrons. The Balaban J connectivity index is 2.79. The highest BCUT2D eigenvalue weighted by molar-refractivity contribution is 5.97. The van der Waals surface area contributed by atoms with Gasteiger partial charge in [-0.2, -0.15) is 0 Å². The first kappa shape index (κ1) is 20.4. The maximum absolute atomic E-state index is 12.2. The summed E-state index contributed by atoms with van der Waals surface area (Å²) in [6.45, 7) is 3.35. The second kappa shape index (κ2) is 10.2. The van der Waals surface area contributed by atoms with Crippen molar-refractivity contribution < 1.29 is 24.4 Å². The van der Waals surface area contributed by atoms with E-state index in [9.17, 15) is 19.7 Å². The van der Waals surface area contributed by atoms with Gasteiger partial charge in [0.15, 0.2) is 6.61 Å². The Kier molecular flexibility index (Phi) is 8.34. The van der Waals surface area contributed by atoms with Crippen molar-refractivity contribution in [2.75, 3.05) is 25.1 Å². The van der Waals surface area contributed by atoms with E-state index in [-0.39, 0.29) is 36.1 Å². The fourth-order valence-electron chi connectivity index (χ4n) is 2.19. The van der Waals surface area contributed by atoms with Gasteiger partial charge in [-0.1, -0.05) is 13.3 Å². The van der Waals surface area contributed by atoms with Gasteiger partial charge in [-0.05, 0) is 19.4 Å². The number of nitrogens with zero attached hydrogens (tertiary/aromatic N) is 1. The summed E-state index contributed by atoms with van der Waals surface area (Å²) in [5.41, 5.74) is -0.0658. The summed E-state index contributed by atoms with van der Waals surface area (Å²) in [4.78, 5) is 34.2. The quantitative estimate of drug-likeness (QED) is 0.330. The van der Waals surface area contributed by atoms with Gasteiger partial charge in [0.2, 0.25) is 0 Å². The molecule has 1 atom stereocenters. The average molecular weight is 353 g/mol. The number of hydrogen-bond donors (Lipinski definition) is 3. The lowest BCUT2D eigenvalue weighted by Crippen LogP contribution is -2.35. The Morgan fingerprint density at radius 3 is 2.72 bits per heavy atom. The van der Waals surface area contributed by atoms with Crippen LogP contribution < -0.4 is 10.6 Å². The van der Waals surface area contributed by atoms with E-state index in [1.165, 1.54) is 12.1 Å².